The van der Waals surface area contributed by atoms with Gasteiger partial charge in [0.1, 0.15) is 0 Å². The average Bonchev–Trinajstić information content (AvgIpc) is 2.61. The van der Waals surface area contributed by atoms with E-state index in [1.807, 2.05) is 24.1 Å². The molecule has 2 aromatic rings. The Morgan fingerprint density at radius 2 is 2.08 bits per heavy atom. The van der Waals surface area contributed by atoms with Gasteiger partial charge in [-0.05, 0) is 48.6 Å². The number of benzene rings is 1. The number of carbonyl (C=O) groups is 1. The number of hydrogen-bond donors (Lipinski definition) is 2. The highest BCUT2D eigenvalue weighted by atomic mass is 16.4. The molecule has 1 aliphatic rings. The largest absolute Gasteiger partial charge is 0.465 e. The van der Waals surface area contributed by atoms with Crippen molar-refractivity contribution >= 4 is 17.5 Å². The van der Waals surface area contributed by atoms with Crippen LogP contribution in [0.5, 0.6) is 0 Å². The van der Waals surface area contributed by atoms with Crippen molar-refractivity contribution in [2.45, 2.75) is 25.2 Å². The van der Waals surface area contributed by atoms with Crippen LogP contribution in [0.3, 0.4) is 0 Å². The molecule has 0 fully saturated rings. The Morgan fingerprint density at radius 3 is 2.80 bits per heavy atom. The molecular formula is C19H23N3O3. The number of amides is 1. The van der Waals surface area contributed by atoms with Crippen molar-refractivity contribution in [2.75, 3.05) is 18.5 Å². The van der Waals surface area contributed by atoms with Crippen LogP contribution >= 0.6 is 0 Å². The van der Waals surface area contributed by atoms with E-state index >= 15 is 0 Å². The molecule has 6 nitrogen and oxygen atoms in total. The number of fused-ring (bicyclic) bond motifs is 1. The minimum atomic E-state index is -0.978. The molecule has 6 heteroatoms. The zero-order valence-corrected chi connectivity index (χ0v) is 14.5. The number of hydrogen-bond acceptors (Lipinski definition) is 3. The van der Waals surface area contributed by atoms with Crippen molar-refractivity contribution in [1.29, 1.82) is 0 Å². The summed E-state index contributed by atoms with van der Waals surface area (Å²) in [5.41, 5.74) is 4.32. The van der Waals surface area contributed by atoms with Gasteiger partial charge in [0.05, 0.1) is 0 Å². The highest BCUT2D eigenvalue weighted by Crippen LogP contribution is 2.34. The van der Waals surface area contributed by atoms with Gasteiger partial charge >= 0.3 is 6.09 Å². The monoisotopic (exact) mass is 341 g/mol. The highest BCUT2D eigenvalue weighted by molar-refractivity contribution is 5.65. The van der Waals surface area contributed by atoms with E-state index in [1.165, 1.54) is 11.1 Å². The van der Waals surface area contributed by atoms with Crippen LogP contribution in [0.2, 0.25) is 0 Å². The first kappa shape index (κ1) is 17.1. The summed E-state index contributed by atoms with van der Waals surface area (Å²) in [6, 6.07) is 9.82. The fourth-order valence-electron chi connectivity index (χ4n) is 3.43. The van der Waals surface area contributed by atoms with Crippen molar-refractivity contribution in [3.8, 4) is 0 Å². The van der Waals surface area contributed by atoms with Gasteiger partial charge in [-0.15, -0.1) is 0 Å². The van der Waals surface area contributed by atoms with Crippen LogP contribution < -0.4 is 15.8 Å². The summed E-state index contributed by atoms with van der Waals surface area (Å²) in [5, 5.41) is 11.3. The van der Waals surface area contributed by atoms with Crippen LogP contribution in [0.1, 0.15) is 29.9 Å². The Hall–Kier alpha value is -2.76. The second-order valence-electron chi connectivity index (χ2n) is 6.55. The normalized spacial score (nSPS) is 16.2. The zero-order valence-electron chi connectivity index (χ0n) is 14.5. The predicted molar refractivity (Wildman–Crippen MR) is 97.9 cm³/mol. The van der Waals surface area contributed by atoms with Crippen LogP contribution in [-0.4, -0.2) is 29.4 Å². The average molecular weight is 341 g/mol. The number of nitrogens with zero attached hydrogens (tertiary/aromatic N) is 2. The molecule has 0 spiro atoms. The van der Waals surface area contributed by atoms with Gasteiger partial charge in [0.15, 0.2) is 0 Å². The molecule has 132 valence electrons. The zero-order chi connectivity index (χ0) is 18.0. The van der Waals surface area contributed by atoms with E-state index in [-0.39, 0.29) is 11.5 Å². The van der Waals surface area contributed by atoms with Gasteiger partial charge in [0, 0.05) is 50.2 Å². The number of pyridine rings is 1. The lowest BCUT2D eigenvalue weighted by molar-refractivity contribution is 0.193. The Balaban J connectivity index is 1.86. The molecule has 1 amide bonds. The van der Waals surface area contributed by atoms with Gasteiger partial charge in [-0.1, -0.05) is 6.07 Å². The lowest BCUT2D eigenvalue weighted by atomic mass is 9.82. The van der Waals surface area contributed by atoms with Crippen LogP contribution in [-0.2, 0) is 13.5 Å². The number of aryl methyl sites for hydroxylation is 2. The molecular weight excluding hydrogens is 318 g/mol. The van der Waals surface area contributed by atoms with Crippen LogP contribution in [0.4, 0.5) is 16.2 Å². The fraction of sp³-hybridized carbons (Fsp3) is 0.368. The smallest absolute Gasteiger partial charge is 0.404 e. The van der Waals surface area contributed by atoms with Gasteiger partial charge in [-0.25, -0.2) is 4.79 Å². The maximum atomic E-state index is 11.9. The van der Waals surface area contributed by atoms with E-state index in [4.69, 9.17) is 5.11 Å². The van der Waals surface area contributed by atoms with Crippen LogP contribution in [0.15, 0.2) is 41.3 Å². The molecule has 0 unspecified atom stereocenters. The van der Waals surface area contributed by atoms with Gasteiger partial charge in [-0.3, -0.25) is 4.79 Å². The van der Waals surface area contributed by atoms with Gasteiger partial charge in [-0.2, -0.15) is 0 Å². The summed E-state index contributed by atoms with van der Waals surface area (Å²) in [4.78, 5) is 24.6. The molecule has 0 bridgehead atoms. The molecule has 25 heavy (non-hydrogen) atoms. The van der Waals surface area contributed by atoms with E-state index in [0.29, 0.717) is 6.54 Å². The molecule has 0 saturated heterocycles. The summed E-state index contributed by atoms with van der Waals surface area (Å²) in [5.74, 6) is 0.225. The number of carboxylic acid groups (broad SMARTS) is 1. The third-order valence-electron chi connectivity index (χ3n) is 4.93. The fourth-order valence-corrected chi connectivity index (χ4v) is 3.43. The minimum absolute atomic E-state index is 0.0397. The number of rotatable bonds is 4. The van der Waals surface area contributed by atoms with E-state index < -0.39 is 6.09 Å². The van der Waals surface area contributed by atoms with Gasteiger partial charge in [0.2, 0.25) is 0 Å². The van der Waals surface area contributed by atoms with E-state index in [0.717, 1.165) is 30.6 Å². The summed E-state index contributed by atoms with van der Waals surface area (Å²) >= 11 is 0. The van der Waals surface area contributed by atoms with Gasteiger partial charge < -0.3 is 19.9 Å². The topological polar surface area (TPSA) is 74.6 Å². The van der Waals surface area contributed by atoms with E-state index in [2.05, 4.69) is 17.4 Å². The Bertz CT molecular complexity index is 844. The summed E-state index contributed by atoms with van der Waals surface area (Å²) in [7, 11) is 3.68. The minimum Gasteiger partial charge on any atom is -0.465 e. The molecule has 3 rings (SSSR count). The van der Waals surface area contributed by atoms with Crippen molar-refractivity contribution in [3.63, 3.8) is 0 Å². The molecule has 1 aromatic heterocycles. The highest BCUT2D eigenvalue weighted by Gasteiger charge is 2.21. The lowest BCUT2D eigenvalue weighted by Crippen LogP contribution is -2.28. The predicted octanol–water partition coefficient (Wildman–Crippen LogP) is 2.84. The van der Waals surface area contributed by atoms with Crippen LogP contribution in [0, 0.1) is 0 Å². The summed E-state index contributed by atoms with van der Waals surface area (Å²) in [6.07, 6.45) is 3.83. The Morgan fingerprint density at radius 1 is 1.32 bits per heavy atom. The SMILES string of the molecule is CN(c1ccc2c(c1)CCC[C@H]2CNC(=O)O)c1ccn(C)c(=O)c1. The standard InChI is InChI=1S/C19H23N3O3/c1-21-9-8-16(11-18(21)23)22(2)15-6-7-17-13(10-15)4-3-5-14(17)12-20-19(24)25/h6-11,14,20H,3-5,12H2,1-2H3,(H,24,25)/t14-/m0/s1. The molecule has 1 aromatic carbocycles. The van der Waals surface area contributed by atoms with Crippen molar-refractivity contribution < 1.29 is 9.90 Å². The lowest BCUT2D eigenvalue weighted by Gasteiger charge is -2.28. The maximum Gasteiger partial charge on any atom is 0.404 e. The molecule has 1 heterocycles. The van der Waals surface area contributed by atoms with Gasteiger partial charge in [0.25, 0.3) is 5.56 Å². The van der Waals surface area contributed by atoms with Crippen LogP contribution in [0.25, 0.3) is 0 Å². The summed E-state index contributed by atoms with van der Waals surface area (Å²) in [6.45, 7) is 0.451. The first-order valence-electron chi connectivity index (χ1n) is 8.45. The first-order valence-corrected chi connectivity index (χ1v) is 8.45. The quantitative estimate of drug-likeness (QED) is 0.897. The van der Waals surface area contributed by atoms with Crippen molar-refractivity contribution in [1.82, 2.24) is 9.88 Å². The number of aromatic nitrogens is 1. The van der Waals surface area contributed by atoms with Crippen molar-refractivity contribution in [3.05, 3.63) is 58.0 Å². The van der Waals surface area contributed by atoms with Crippen molar-refractivity contribution in [2.24, 2.45) is 7.05 Å². The van der Waals surface area contributed by atoms with E-state index in [9.17, 15) is 9.59 Å². The molecule has 0 radical (unpaired) electrons. The molecule has 2 N–H and O–H groups in total. The Kier molecular flexibility index (Phi) is 4.79. The third kappa shape index (κ3) is 3.68. The molecule has 0 saturated carbocycles. The maximum absolute atomic E-state index is 11.9. The second kappa shape index (κ2) is 7.01. The van der Waals surface area contributed by atoms with E-state index in [1.54, 1.807) is 23.9 Å². The summed E-state index contributed by atoms with van der Waals surface area (Å²) < 4.78 is 1.55. The second-order valence-corrected chi connectivity index (χ2v) is 6.55. The molecule has 1 atom stereocenters. The number of anilines is 2. The third-order valence-corrected chi connectivity index (χ3v) is 4.93. The molecule has 1 aliphatic carbocycles. The Labute approximate surface area is 146 Å². The number of nitrogens with one attached hydrogen (secondary N) is 1. The first-order chi connectivity index (χ1) is 12.0. The molecule has 0 aliphatic heterocycles.